The number of aryl methyl sites for hydroxylation is 1. The molecular weight excluding hydrogens is 583 g/mol. The first kappa shape index (κ1) is 28.0. The number of pyridine rings is 1. The molecule has 0 saturated heterocycles. The topological polar surface area (TPSA) is 64.8 Å². The molecule has 0 amide bonds. The molecule has 0 aliphatic carbocycles. The number of sulfone groups is 1. The van der Waals surface area contributed by atoms with Crippen LogP contribution in [0, 0.1) is 6.92 Å². The van der Waals surface area contributed by atoms with E-state index < -0.39 is 15.4 Å². The second-order valence-corrected chi connectivity index (χ2v) is 14.2. The first-order valence-electron chi connectivity index (χ1n) is 14.3. The van der Waals surface area contributed by atoms with Gasteiger partial charge in [0.15, 0.2) is 9.84 Å². The Hall–Kier alpha value is -4.85. The van der Waals surface area contributed by atoms with Crippen LogP contribution < -0.4 is 0 Å². The summed E-state index contributed by atoms with van der Waals surface area (Å²) in [6, 6.07) is 43.3. The van der Waals surface area contributed by atoms with Crippen molar-refractivity contribution in [2.75, 3.05) is 6.26 Å². The normalized spacial score (nSPS) is 12.0. The summed E-state index contributed by atoms with van der Waals surface area (Å²) in [6.07, 6.45) is 5.16. The van der Waals surface area contributed by atoms with Crippen LogP contribution in [0.2, 0.25) is 0 Å². The molecule has 0 aliphatic rings. The Bertz CT molecular complexity index is 2110. The Morgan fingerprint density at radius 2 is 1.30 bits per heavy atom. The van der Waals surface area contributed by atoms with Crippen LogP contribution in [0.15, 0.2) is 144 Å². The molecule has 5 nitrogen and oxygen atoms in total. The van der Waals surface area contributed by atoms with E-state index in [1.165, 1.54) is 17.6 Å². The van der Waals surface area contributed by atoms with Gasteiger partial charge >= 0.3 is 0 Å². The maximum absolute atomic E-state index is 12.2. The highest BCUT2D eigenvalue weighted by atomic mass is 32.2. The molecule has 7 heteroatoms. The monoisotopic (exact) mass is 611 g/mol. The van der Waals surface area contributed by atoms with Gasteiger partial charge in [-0.3, -0.25) is 9.67 Å². The van der Waals surface area contributed by atoms with Crippen LogP contribution in [0.4, 0.5) is 0 Å². The van der Waals surface area contributed by atoms with Gasteiger partial charge in [-0.2, -0.15) is 5.10 Å². The number of hydrogen-bond acceptors (Lipinski definition) is 5. The molecule has 216 valence electrons. The smallest absolute Gasteiger partial charge is 0.184 e. The molecule has 7 aromatic rings. The van der Waals surface area contributed by atoms with E-state index in [9.17, 15) is 8.42 Å². The Morgan fingerprint density at radius 3 is 1.84 bits per heavy atom. The standard InChI is InChI=1S/C37H29N3O2S2/c1-26-33(27-18-19-34-32(24-27)31(22-23-38-34)35-20-21-36(43-35)44(2,41)42)25-40(39-26)37(28-12-6-3-7-13-28,29-14-8-4-9-15-29)30-16-10-5-11-17-30/h3-25H,1-2H3. The first-order valence-corrected chi connectivity index (χ1v) is 17.0. The average molecular weight is 612 g/mol. The molecule has 4 aromatic carbocycles. The van der Waals surface area contributed by atoms with Crippen molar-refractivity contribution in [1.29, 1.82) is 0 Å². The van der Waals surface area contributed by atoms with Crippen molar-refractivity contribution in [3.8, 4) is 21.6 Å². The quantitative estimate of drug-likeness (QED) is 0.170. The molecule has 0 aliphatic heterocycles. The highest BCUT2D eigenvalue weighted by Gasteiger charge is 2.39. The van der Waals surface area contributed by atoms with Crippen molar-refractivity contribution < 1.29 is 8.42 Å². The highest BCUT2D eigenvalue weighted by molar-refractivity contribution is 7.92. The third kappa shape index (κ3) is 4.75. The fourth-order valence-corrected chi connectivity index (χ4v) is 8.01. The zero-order chi connectivity index (χ0) is 30.3. The summed E-state index contributed by atoms with van der Waals surface area (Å²) in [7, 11) is -3.29. The maximum atomic E-state index is 12.2. The van der Waals surface area contributed by atoms with Gasteiger partial charge in [0.25, 0.3) is 0 Å². The lowest BCUT2D eigenvalue weighted by Crippen LogP contribution is -2.38. The molecule has 0 bridgehead atoms. The van der Waals surface area contributed by atoms with Crippen molar-refractivity contribution in [2.45, 2.75) is 16.7 Å². The summed E-state index contributed by atoms with van der Waals surface area (Å²) in [5.41, 5.74) is 7.33. The minimum Gasteiger partial charge on any atom is -0.256 e. The Balaban J connectivity index is 1.44. The van der Waals surface area contributed by atoms with Crippen LogP contribution in [0.25, 0.3) is 32.5 Å². The highest BCUT2D eigenvalue weighted by Crippen LogP contribution is 2.42. The van der Waals surface area contributed by atoms with Gasteiger partial charge in [0, 0.05) is 40.0 Å². The van der Waals surface area contributed by atoms with E-state index in [-0.39, 0.29) is 0 Å². The number of rotatable bonds is 7. The summed E-state index contributed by atoms with van der Waals surface area (Å²) in [5.74, 6) is 0. The molecule has 0 spiro atoms. The zero-order valence-electron chi connectivity index (χ0n) is 24.3. The predicted octanol–water partition coefficient (Wildman–Crippen LogP) is 8.38. The van der Waals surface area contributed by atoms with Crippen LogP contribution in [0.5, 0.6) is 0 Å². The van der Waals surface area contributed by atoms with E-state index in [4.69, 9.17) is 5.10 Å². The Labute approximate surface area is 261 Å². The summed E-state index contributed by atoms with van der Waals surface area (Å²) >= 11 is 1.28. The summed E-state index contributed by atoms with van der Waals surface area (Å²) in [4.78, 5) is 5.50. The molecule has 0 atom stereocenters. The Morgan fingerprint density at radius 1 is 0.705 bits per heavy atom. The van der Waals surface area contributed by atoms with Gasteiger partial charge < -0.3 is 0 Å². The van der Waals surface area contributed by atoms with E-state index >= 15 is 0 Å². The molecule has 3 heterocycles. The fourth-order valence-electron chi connectivity index (χ4n) is 6.04. The van der Waals surface area contributed by atoms with Crippen molar-refractivity contribution in [1.82, 2.24) is 14.8 Å². The van der Waals surface area contributed by atoms with Crippen LogP contribution in [-0.4, -0.2) is 29.4 Å². The molecule has 0 N–H and O–H groups in total. The molecule has 0 saturated carbocycles. The van der Waals surface area contributed by atoms with Crippen LogP contribution in [0.3, 0.4) is 0 Å². The van der Waals surface area contributed by atoms with Crippen molar-refractivity contribution >= 4 is 32.1 Å². The molecule has 0 unspecified atom stereocenters. The van der Waals surface area contributed by atoms with Crippen LogP contribution >= 0.6 is 11.3 Å². The van der Waals surface area contributed by atoms with E-state index in [2.05, 4.69) is 101 Å². The van der Waals surface area contributed by atoms with Gasteiger partial charge in [-0.1, -0.05) is 97.1 Å². The lowest BCUT2D eigenvalue weighted by molar-refractivity contribution is 0.458. The lowest BCUT2D eigenvalue weighted by Gasteiger charge is -2.36. The van der Waals surface area contributed by atoms with E-state index in [1.807, 2.05) is 43.3 Å². The van der Waals surface area contributed by atoms with Gasteiger partial charge in [0.2, 0.25) is 0 Å². The van der Waals surface area contributed by atoms with Crippen molar-refractivity contribution in [3.05, 3.63) is 162 Å². The van der Waals surface area contributed by atoms with Crippen LogP contribution in [0.1, 0.15) is 22.4 Å². The maximum Gasteiger partial charge on any atom is 0.184 e. The second-order valence-electron chi connectivity index (χ2n) is 10.9. The lowest BCUT2D eigenvalue weighted by atomic mass is 9.77. The van der Waals surface area contributed by atoms with E-state index in [0.29, 0.717) is 4.21 Å². The molecular formula is C37H29N3O2S2. The van der Waals surface area contributed by atoms with Gasteiger partial charge in [0.05, 0.1) is 11.2 Å². The van der Waals surface area contributed by atoms with E-state index in [0.717, 1.165) is 54.9 Å². The fraction of sp³-hybridized carbons (Fsp3) is 0.0811. The third-order valence-corrected chi connectivity index (χ3v) is 11.0. The minimum atomic E-state index is -3.29. The molecule has 7 rings (SSSR count). The van der Waals surface area contributed by atoms with Gasteiger partial charge in [-0.05, 0) is 59.5 Å². The predicted molar refractivity (Wildman–Crippen MR) is 179 cm³/mol. The molecule has 3 aromatic heterocycles. The number of nitrogens with zero attached hydrogens (tertiary/aromatic N) is 3. The number of thiophene rings is 1. The Kier molecular flexibility index (Phi) is 6.99. The number of benzene rings is 4. The summed E-state index contributed by atoms with van der Waals surface area (Å²) in [6.45, 7) is 2.05. The number of aromatic nitrogens is 3. The minimum absolute atomic E-state index is 0.352. The molecule has 44 heavy (non-hydrogen) atoms. The van der Waals surface area contributed by atoms with Crippen molar-refractivity contribution in [3.63, 3.8) is 0 Å². The van der Waals surface area contributed by atoms with Gasteiger partial charge in [-0.15, -0.1) is 11.3 Å². The van der Waals surface area contributed by atoms with Crippen molar-refractivity contribution in [2.24, 2.45) is 0 Å². The molecule has 0 fully saturated rings. The second kappa shape index (κ2) is 11.0. The van der Waals surface area contributed by atoms with Crippen LogP contribution in [-0.2, 0) is 15.4 Å². The summed E-state index contributed by atoms with van der Waals surface area (Å²) < 4.78 is 26.8. The van der Waals surface area contributed by atoms with E-state index in [1.54, 1.807) is 12.3 Å². The molecule has 0 radical (unpaired) electrons. The third-order valence-electron chi connectivity index (χ3n) is 8.08. The number of hydrogen-bond donors (Lipinski definition) is 0. The van der Waals surface area contributed by atoms with Gasteiger partial charge in [-0.25, -0.2) is 8.42 Å². The zero-order valence-corrected chi connectivity index (χ0v) is 25.9. The van der Waals surface area contributed by atoms with Gasteiger partial charge in [0.1, 0.15) is 9.75 Å². The SMILES string of the molecule is Cc1nn(C(c2ccccc2)(c2ccccc2)c2ccccc2)cc1-c1ccc2nccc(-c3ccc(S(C)(=O)=O)s3)c2c1. The largest absolute Gasteiger partial charge is 0.256 e. The first-order chi connectivity index (χ1) is 21.4. The summed E-state index contributed by atoms with van der Waals surface area (Å²) in [5, 5.41) is 6.17. The average Bonchev–Trinajstić information content (AvgIpc) is 3.71. The number of fused-ring (bicyclic) bond motifs is 1.